The minimum absolute atomic E-state index is 0.129. The number of carbonyl (C=O) groups is 1. The fourth-order valence-corrected chi connectivity index (χ4v) is 3.98. The van der Waals surface area contributed by atoms with E-state index in [0.717, 1.165) is 5.56 Å². The summed E-state index contributed by atoms with van der Waals surface area (Å²) in [6.07, 6.45) is 3.78. The molecular weight excluding hydrogens is 390 g/mol. The van der Waals surface area contributed by atoms with Gasteiger partial charge in [-0.15, -0.1) is 0 Å². The SMILES string of the molecule is CCC(C)NS(=O)(=O)c1ccc(C(=O)Nc2cccc(Cn3cncn3)c2)cc1. The Morgan fingerprint density at radius 3 is 2.59 bits per heavy atom. The molecule has 2 aromatic carbocycles. The number of nitrogens with zero attached hydrogens (tertiary/aromatic N) is 3. The molecule has 0 bridgehead atoms. The molecule has 3 aromatic rings. The molecule has 1 amide bonds. The van der Waals surface area contributed by atoms with Crippen LogP contribution in [0.2, 0.25) is 0 Å². The van der Waals surface area contributed by atoms with E-state index >= 15 is 0 Å². The molecule has 3 rings (SSSR count). The summed E-state index contributed by atoms with van der Waals surface area (Å²) in [6, 6.07) is 13.1. The van der Waals surface area contributed by atoms with Crippen LogP contribution >= 0.6 is 0 Å². The molecule has 0 saturated carbocycles. The Balaban J connectivity index is 1.68. The maximum atomic E-state index is 12.5. The second-order valence-corrected chi connectivity index (χ2v) is 8.42. The predicted octanol–water partition coefficient (Wildman–Crippen LogP) is 2.66. The van der Waals surface area contributed by atoms with Crippen molar-refractivity contribution in [3.05, 3.63) is 72.3 Å². The molecule has 152 valence electrons. The Morgan fingerprint density at radius 2 is 1.93 bits per heavy atom. The molecule has 0 saturated heterocycles. The van der Waals surface area contributed by atoms with Crippen molar-refractivity contribution >= 4 is 21.6 Å². The molecule has 9 heteroatoms. The maximum Gasteiger partial charge on any atom is 0.255 e. The molecule has 8 nitrogen and oxygen atoms in total. The number of hydrogen-bond donors (Lipinski definition) is 2. The van der Waals surface area contributed by atoms with Crippen molar-refractivity contribution < 1.29 is 13.2 Å². The van der Waals surface area contributed by atoms with Gasteiger partial charge in [0.1, 0.15) is 12.7 Å². The van der Waals surface area contributed by atoms with Crippen molar-refractivity contribution in [2.24, 2.45) is 0 Å². The number of aromatic nitrogens is 3. The van der Waals surface area contributed by atoms with Crippen molar-refractivity contribution in [1.82, 2.24) is 19.5 Å². The van der Waals surface area contributed by atoms with E-state index in [1.165, 1.54) is 30.6 Å². The summed E-state index contributed by atoms with van der Waals surface area (Å²) in [4.78, 5) is 16.6. The lowest BCUT2D eigenvalue weighted by Crippen LogP contribution is -2.32. The first-order valence-electron chi connectivity index (χ1n) is 9.22. The highest BCUT2D eigenvalue weighted by Gasteiger charge is 2.17. The molecule has 1 heterocycles. The summed E-state index contributed by atoms with van der Waals surface area (Å²) in [5.74, 6) is -0.318. The number of hydrogen-bond acceptors (Lipinski definition) is 5. The van der Waals surface area contributed by atoms with Crippen LogP contribution in [0.4, 0.5) is 5.69 Å². The van der Waals surface area contributed by atoms with Crippen LogP contribution < -0.4 is 10.0 Å². The molecule has 0 radical (unpaired) electrons. The van der Waals surface area contributed by atoms with Crippen LogP contribution in [0.15, 0.2) is 66.1 Å². The topological polar surface area (TPSA) is 106 Å². The van der Waals surface area contributed by atoms with Gasteiger partial charge >= 0.3 is 0 Å². The van der Waals surface area contributed by atoms with Crippen molar-refractivity contribution in [3.8, 4) is 0 Å². The molecule has 1 unspecified atom stereocenters. The number of amides is 1. The molecule has 0 fully saturated rings. The normalized spacial score (nSPS) is 12.5. The fraction of sp³-hybridized carbons (Fsp3) is 0.250. The standard InChI is InChI=1S/C20H23N5O3S/c1-3-15(2)24-29(27,28)19-9-7-17(8-10-19)20(26)23-18-6-4-5-16(11-18)12-25-14-21-13-22-25/h4-11,13-15,24H,3,12H2,1-2H3,(H,23,26). The number of sulfonamides is 1. The van der Waals surface area contributed by atoms with E-state index in [-0.39, 0.29) is 16.8 Å². The zero-order chi connectivity index (χ0) is 20.9. The molecule has 0 aliphatic heterocycles. The first-order chi connectivity index (χ1) is 13.9. The molecule has 1 aromatic heterocycles. The second-order valence-electron chi connectivity index (χ2n) is 6.70. The van der Waals surface area contributed by atoms with Crippen molar-refractivity contribution in [2.75, 3.05) is 5.32 Å². The van der Waals surface area contributed by atoms with Crippen molar-refractivity contribution in [3.63, 3.8) is 0 Å². The van der Waals surface area contributed by atoms with Gasteiger partial charge in [0.15, 0.2) is 0 Å². The summed E-state index contributed by atoms with van der Waals surface area (Å²) in [5, 5.41) is 6.89. The molecule has 0 aliphatic rings. The Morgan fingerprint density at radius 1 is 1.17 bits per heavy atom. The smallest absolute Gasteiger partial charge is 0.255 e. The minimum Gasteiger partial charge on any atom is -0.322 e. The van der Waals surface area contributed by atoms with Gasteiger partial charge in [0.05, 0.1) is 11.4 Å². The number of rotatable bonds is 8. The third-order valence-electron chi connectivity index (χ3n) is 4.39. The van der Waals surface area contributed by atoms with Gasteiger partial charge in [-0.3, -0.25) is 4.79 Å². The van der Waals surface area contributed by atoms with Gasteiger partial charge in [-0.05, 0) is 55.3 Å². The van der Waals surface area contributed by atoms with Gasteiger partial charge in [0.2, 0.25) is 10.0 Å². The number of anilines is 1. The summed E-state index contributed by atoms with van der Waals surface area (Å²) in [7, 11) is -3.60. The first-order valence-corrected chi connectivity index (χ1v) is 10.7. The van der Waals surface area contributed by atoms with Crippen LogP contribution in [-0.2, 0) is 16.6 Å². The highest BCUT2D eigenvalue weighted by Crippen LogP contribution is 2.15. The van der Waals surface area contributed by atoms with Gasteiger partial charge < -0.3 is 5.32 Å². The average molecular weight is 414 g/mol. The van der Waals surface area contributed by atoms with Gasteiger partial charge in [0, 0.05) is 17.3 Å². The number of nitrogens with one attached hydrogen (secondary N) is 2. The summed E-state index contributed by atoms with van der Waals surface area (Å²) in [6.45, 7) is 4.25. The van der Waals surface area contributed by atoms with Crippen LogP contribution in [-0.4, -0.2) is 35.1 Å². The lowest BCUT2D eigenvalue weighted by atomic mass is 10.1. The number of carbonyl (C=O) groups excluding carboxylic acids is 1. The van der Waals surface area contributed by atoms with E-state index in [0.29, 0.717) is 24.2 Å². The Kier molecular flexibility index (Phi) is 6.40. The van der Waals surface area contributed by atoms with E-state index in [1.807, 2.05) is 25.1 Å². The van der Waals surface area contributed by atoms with E-state index in [9.17, 15) is 13.2 Å². The quantitative estimate of drug-likeness (QED) is 0.591. The van der Waals surface area contributed by atoms with E-state index in [4.69, 9.17) is 0 Å². The Labute approximate surface area is 170 Å². The summed E-state index contributed by atoms with van der Waals surface area (Å²) in [5.41, 5.74) is 1.97. The molecule has 0 aliphatic carbocycles. The third-order valence-corrected chi connectivity index (χ3v) is 6.00. The molecule has 2 N–H and O–H groups in total. The van der Waals surface area contributed by atoms with Crippen molar-refractivity contribution in [1.29, 1.82) is 0 Å². The highest BCUT2D eigenvalue weighted by atomic mass is 32.2. The molecule has 0 spiro atoms. The third kappa shape index (κ3) is 5.49. The Bertz CT molecular complexity index is 1060. The average Bonchev–Trinajstić information content (AvgIpc) is 3.21. The van der Waals surface area contributed by atoms with E-state index in [1.54, 1.807) is 24.0 Å². The summed E-state index contributed by atoms with van der Waals surface area (Å²) >= 11 is 0. The maximum absolute atomic E-state index is 12.5. The lowest BCUT2D eigenvalue weighted by molar-refractivity contribution is 0.102. The van der Waals surface area contributed by atoms with Crippen LogP contribution in [0.25, 0.3) is 0 Å². The highest BCUT2D eigenvalue weighted by molar-refractivity contribution is 7.89. The minimum atomic E-state index is -3.60. The first kappa shape index (κ1) is 20.7. The van der Waals surface area contributed by atoms with Gasteiger partial charge in [-0.1, -0.05) is 19.1 Å². The van der Waals surface area contributed by atoms with Gasteiger partial charge in [-0.2, -0.15) is 5.10 Å². The van der Waals surface area contributed by atoms with Crippen LogP contribution in [0.5, 0.6) is 0 Å². The van der Waals surface area contributed by atoms with E-state index in [2.05, 4.69) is 20.1 Å². The largest absolute Gasteiger partial charge is 0.322 e. The molecular formula is C20H23N5O3S. The fourth-order valence-electron chi connectivity index (χ4n) is 2.65. The van der Waals surface area contributed by atoms with Crippen LogP contribution in [0.1, 0.15) is 36.2 Å². The summed E-state index contributed by atoms with van der Waals surface area (Å²) < 4.78 is 28.9. The van der Waals surface area contributed by atoms with Crippen molar-refractivity contribution in [2.45, 2.75) is 37.8 Å². The zero-order valence-electron chi connectivity index (χ0n) is 16.2. The van der Waals surface area contributed by atoms with E-state index < -0.39 is 10.0 Å². The zero-order valence-corrected chi connectivity index (χ0v) is 17.1. The van der Waals surface area contributed by atoms with Gasteiger partial charge in [-0.25, -0.2) is 22.8 Å². The Hall–Kier alpha value is -3.04. The number of benzene rings is 2. The predicted molar refractivity (Wildman–Crippen MR) is 110 cm³/mol. The molecule has 1 atom stereocenters. The van der Waals surface area contributed by atoms with Gasteiger partial charge in [0.25, 0.3) is 5.91 Å². The molecule has 29 heavy (non-hydrogen) atoms. The van der Waals surface area contributed by atoms with Crippen LogP contribution in [0, 0.1) is 0 Å². The monoisotopic (exact) mass is 413 g/mol. The lowest BCUT2D eigenvalue weighted by Gasteiger charge is -2.12. The second kappa shape index (κ2) is 8.97. The van der Waals surface area contributed by atoms with Crippen LogP contribution in [0.3, 0.4) is 0 Å².